The van der Waals surface area contributed by atoms with Crippen molar-refractivity contribution in [1.29, 1.82) is 0 Å². The van der Waals surface area contributed by atoms with Crippen LogP contribution in [0.3, 0.4) is 0 Å². The van der Waals surface area contributed by atoms with Crippen molar-refractivity contribution in [2.24, 2.45) is 23.7 Å². The van der Waals surface area contributed by atoms with E-state index >= 15 is 0 Å². The first kappa shape index (κ1) is 42.8. The SMILES string of the molecule is CCCCCCCCCCCCCCC(C(C)C)C(O)(O)OC(O)(O)C(CCCCCCCCCCCCCC)C(C)C. The summed E-state index contributed by atoms with van der Waals surface area (Å²) in [4.78, 5) is 0. The molecular formula is C38H78O5. The van der Waals surface area contributed by atoms with Crippen LogP contribution in [0.1, 0.15) is 208 Å². The van der Waals surface area contributed by atoms with E-state index in [0.717, 1.165) is 38.5 Å². The normalized spacial score (nSPS) is 14.2. The molecule has 5 nitrogen and oxygen atoms in total. The fourth-order valence-corrected chi connectivity index (χ4v) is 6.69. The topological polar surface area (TPSA) is 90.2 Å². The zero-order chi connectivity index (χ0) is 32.4. The molecule has 0 aromatic carbocycles. The van der Waals surface area contributed by atoms with E-state index in [1.165, 1.54) is 116 Å². The lowest BCUT2D eigenvalue weighted by Crippen LogP contribution is -2.54. The molecule has 0 aliphatic heterocycles. The van der Waals surface area contributed by atoms with Gasteiger partial charge < -0.3 is 20.4 Å². The average molecular weight is 615 g/mol. The maximum Gasteiger partial charge on any atom is 0.285 e. The molecule has 2 unspecified atom stereocenters. The van der Waals surface area contributed by atoms with Crippen molar-refractivity contribution in [3.63, 3.8) is 0 Å². The summed E-state index contributed by atoms with van der Waals surface area (Å²) in [6.45, 7) is 12.3. The molecular weight excluding hydrogens is 536 g/mol. The van der Waals surface area contributed by atoms with Crippen molar-refractivity contribution in [2.75, 3.05) is 0 Å². The molecule has 260 valence electrons. The highest BCUT2D eigenvalue weighted by molar-refractivity contribution is 4.77. The van der Waals surface area contributed by atoms with E-state index in [1.54, 1.807) is 0 Å². The lowest BCUT2D eigenvalue weighted by atomic mass is 9.86. The third-order valence-corrected chi connectivity index (χ3v) is 9.61. The Kier molecular flexibility index (Phi) is 26.8. The van der Waals surface area contributed by atoms with Gasteiger partial charge in [-0.15, -0.1) is 0 Å². The van der Waals surface area contributed by atoms with Gasteiger partial charge in [0.2, 0.25) is 0 Å². The minimum absolute atomic E-state index is 0.0626. The predicted octanol–water partition coefficient (Wildman–Crippen LogP) is 11.0. The average Bonchev–Trinajstić information content (AvgIpc) is 2.92. The molecule has 0 heterocycles. The zero-order valence-corrected chi connectivity index (χ0v) is 29.9. The van der Waals surface area contributed by atoms with E-state index < -0.39 is 23.8 Å². The van der Waals surface area contributed by atoms with Crippen molar-refractivity contribution >= 4 is 0 Å². The number of unbranched alkanes of at least 4 members (excludes halogenated alkanes) is 22. The van der Waals surface area contributed by atoms with Gasteiger partial charge in [0.15, 0.2) is 0 Å². The molecule has 0 fully saturated rings. The van der Waals surface area contributed by atoms with E-state index in [4.69, 9.17) is 4.74 Å². The predicted molar refractivity (Wildman–Crippen MR) is 183 cm³/mol. The zero-order valence-electron chi connectivity index (χ0n) is 29.9. The van der Waals surface area contributed by atoms with E-state index in [-0.39, 0.29) is 11.8 Å². The molecule has 4 N–H and O–H groups in total. The molecule has 0 saturated carbocycles. The summed E-state index contributed by atoms with van der Waals surface area (Å²) in [5.74, 6) is -6.47. The smallest absolute Gasteiger partial charge is 0.285 e. The third kappa shape index (κ3) is 22.9. The molecule has 5 heteroatoms. The Balaban J connectivity index is 4.42. The Hall–Kier alpha value is -0.200. The molecule has 2 atom stereocenters. The molecule has 0 aliphatic carbocycles. The Bertz CT molecular complexity index is 539. The van der Waals surface area contributed by atoms with E-state index in [9.17, 15) is 20.4 Å². The van der Waals surface area contributed by atoms with Gasteiger partial charge in [-0.3, -0.25) is 4.74 Å². The summed E-state index contributed by atoms with van der Waals surface area (Å²) in [6, 6.07) is 0. The van der Waals surface area contributed by atoms with Crippen LogP contribution in [0.15, 0.2) is 0 Å². The summed E-state index contributed by atoms with van der Waals surface area (Å²) in [6.07, 6.45) is 31.2. The van der Waals surface area contributed by atoms with Crippen LogP contribution in [0.25, 0.3) is 0 Å². The van der Waals surface area contributed by atoms with Gasteiger partial charge in [-0.2, -0.15) is 0 Å². The van der Waals surface area contributed by atoms with Crippen molar-refractivity contribution < 1.29 is 25.2 Å². The quantitative estimate of drug-likeness (QED) is 0.0447. The van der Waals surface area contributed by atoms with Crippen LogP contribution in [-0.4, -0.2) is 32.4 Å². The lowest BCUT2D eigenvalue weighted by Gasteiger charge is -2.41. The minimum atomic E-state index is -2.58. The van der Waals surface area contributed by atoms with Crippen LogP contribution in [0.4, 0.5) is 0 Å². The van der Waals surface area contributed by atoms with Crippen molar-refractivity contribution in [3.05, 3.63) is 0 Å². The van der Waals surface area contributed by atoms with Gasteiger partial charge in [0.05, 0.1) is 0 Å². The number of hydrogen-bond acceptors (Lipinski definition) is 5. The van der Waals surface area contributed by atoms with E-state index in [2.05, 4.69) is 13.8 Å². The van der Waals surface area contributed by atoms with Crippen LogP contribution in [0.5, 0.6) is 0 Å². The Morgan fingerprint density at radius 2 is 0.581 bits per heavy atom. The molecule has 0 bridgehead atoms. The van der Waals surface area contributed by atoms with Crippen LogP contribution in [-0.2, 0) is 4.74 Å². The highest BCUT2D eigenvalue weighted by Gasteiger charge is 2.48. The van der Waals surface area contributed by atoms with Gasteiger partial charge in [-0.1, -0.05) is 196 Å². The number of ether oxygens (including phenoxy) is 1. The summed E-state index contributed by atoms with van der Waals surface area (Å²) >= 11 is 0. The summed E-state index contributed by atoms with van der Waals surface area (Å²) < 4.78 is 5.41. The van der Waals surface area contributed by atoms with Crippen LogP contribution in [0.2, 0.25) is 0 Å². The van der Waals surface area contributed by atoms with Crippen molar-refractivity contribution in [2.45, 2.75) is 220 Å². The number of hydrogen-bond donors (Lipinski definition) is 4. The first-order valence-electron chi connectivity index (χ1n) is 19.1. The van der Waals surface area contributed by atoms with Gasteiger partial charge in [0, 0.05) is 11.8 Å². The summed E-state index contributed by atoms with van der Waals surface area (Å²) in [5, 5.41) is 43.9. The molecule has 0 spiro atoms. The molecule has 0 amide bonds. The highest BCUT2D eigenvalue weighted by atomic mass is 16.9. The molecule has 43 heavy (non-hydrogen) atoms. The first-order valence-corrected chi connectivity index (χ1v) is 19.1. The largest absolute Gasteiger partial charge is 0.343 e. The lowest BCUT2D eigenvalue weighted by molar-refractivity contribution is -0.502. The standard InChI is InChI=1S/C38H78O5/c1-7-9-11-13-15-17-19-21-23-25-27-29-31-35(33(3)4)37(39,40)43-38(41,42)36(34(5)6)32-30-28-26-24-22-20-18-16-14-12-10-8-2/h33-36,39-42H,7-32H2,1-6H3. The monoisotopic (exact) mass is 615 g/mol. The Morgan fingerprint density at radius 1 is 0.372 bits per heavy atom. The Labute approximate surface area is 269 Å². The van der Waals surface area contributed by atoms with Gasteiger partial charge in [0.25, 0.3) is 11.9 Å². The highest BCUT2D eigenvalue weighted by Crippen LogP contribution is 2.37. The molecule has 0 saturated heterocycles. The minimum Gasteiger partial charge on any atom is -0.343 e. The first-order chi connectivity index (χ1) is 20.5. The maximum atomic E-state index is 11.0. The number of rotatable bonds is 32. The molecule has 0 aromatic heterocycles. The van der Waals surface area contributed by atoms with E-state index in [1.807, 2.05) is 27.7 Å². The van der Waals surface area contributed by atoms with Crippen molar-refractivity contribution in [1.82, 2.24) is 0 Å². The van der Waals surface area contributed by atoms with Gasteiger partial charge >= 0.3 is 0 Å². The molecule has 0 rings (SSSR count). The van der Waals surface area contributed by atoms with Gasteiger partial charge in [-0.25, -0.2) is 0 Å². The van der Waals surface area contributed by atoms with E-state index in [0.29, 0.717) is 12.8 Å². The van der Waals surface area contributed by atoms with Crippen LogP contribution < -0.4 is 0 Å². The molecule has 0 radical (unpaired) electrons. The second-order valence-corrected chi connectivity index (χ2v) is 14.5. The Morgan fingerprint density at radius 3 is 0.791 bits per heavy atom. The second kappa shape index (κ2) is 27.0. The van der Waals surface area contributed by atoms with Gasteiger partial charge in [-0.05, 0) is 24.7 Å². The fraction of sp³-hybridized carbons (Fsp3) is 1.00. The van der Waals surface area contributed by atoms with Crippen LogP contribution in [0, 0.1) is 23.7 Å². The number of aliphatic hydroxyl groups is 4. The van der Waals surface area contributed by atoms with Crippen LogP contribution >= 0.6 is 0 Å². The third-order valence-electron chi connectivity index (χ3n) is 9.61. The maximum absolute atomic E-state index is 11.0. The molecule has 0 aromatic rings. The fourth-order valence-electron chi connectivity index (χ4n) is 6.69. The van der Waals surface area contributed by atoms with Crippen molar-refractivity contribution in [3.8, 4) is 0 Å². The summed E-state index contributed by atoms with van der Waals surface area (Å²) in [5.41, 5.74) is 0. The van der Waals surface area contributed by atoms with Gasteiger partial charge in [0.1, 0.15) is 0 Å². The second-order valence-electron chi connectivity index (χ2n) is 14.5. The molecule has 0 aliphatic rings. The summed E-state index contributed by atoms with van der Waals surface area (Å²) in [7, 11) is 0.